The summed E-state index contributed by atoms with van der Waals surface area (Å²) in [6, 6.07) is 6.28. The van der Waals surface area contributed by atoms with Crippen molar-refractivity contribution in [3.63, 3.8) is 0 Å². The Labute approximate surface area is 149 Å². The minimum Gasteiger partial charge on any atom is -0.497 e. The summed E-state index contributed by atoms with van der Waals surface area (Å²) in [6.07, 6.45) is 4.03. The van der Waals surface area contributed by atoms with Gasteiger partial charge in [0.1, 0.15) is 5.75 Å². The molecular weight excluding hydrogens is 364 g/mol. The summed E-state index contributed by atoms with van der Waals surface area (Å²) in [7, 11) is -5.50. The van der Waals surface area contributed by atoms with E-state index in [0.29, 0.717) is 38.1 Å². The van der Waals surface area contributed by atoms with Crippen LogP contribution in [0.15, 0.2) is 29.2 Å². The molecule has 0 aliphatic carbocycles. The first-order valence-electron chi connectivity index (χ1n) is 8.31. The average molecular weight is 389 g/mol. The van der Waals surface area contributed by atoms with Gasteiger partial charge in [-0.2, -0.15) is 8.61 Å². The second-order valence-electron chi connectivity index (χ2n) is 6.78. The molecule has 9 heteroatoms. The van der Waals surface area contributed by atoms with E-state index >= 15 is 0 Å². The maximum Gasteiger partial charge on any atom is 0.243 e. The molecule has 1 aromatic rings. The fourth-order valence-electron chi connectivity index (χ4n) is 4.01. The maximum absolute atomic E-state index is 13.0. The molecule has 2 aliphatic heterocycles. The van der Waals surface area contributed by atoms with Gasteiger partial charge in [0.05, 0.1) is 18.3 Å². The molecule has 2 heterocycles. The first-order valence-corrected chi connectivity index (χ1v) is 11.6. The van der Waals surface area contributed by atoms with Crippen LogP contribution in [-0.4, -0.2) is 64.0 Å². The summed E-state index contributed by atoms with van der Waals surface area (Å²) in [4.78, 5) is 0.203. The topological polar surface area (TPSA) is 84.0 Å². The number of rotatable bonds is 4. The van der Waals surface area contributed by atoms with Crippen molar-refractivity contribution in [2.75, 3.05) is 33.0 Å². The van der Waals surface area contributed by atoms with Crippen molar-refractivity contribution >= 4 is 20.0 Å². The van der Waals surface area contributed by atoms with Crippen molar-refractivity contribution < 1.29 is 21.6 Å². The molecule has 0 bridgehead atoms. The lowest BCUT2D eigenvalue weighted by Crippen LogP contribution is -2.58. The van der Waals surface area contributed by atoms with Crippen LogP contribution in [0, 0.1) is 0 Å². The molecule has 2 saturated heterocycles. The molecule has 7 nitrogen and oxygen atoms in total. The molecular formula is C16H24N2O5S2. The molecule has 0 N–H and O–H groups in total. The average Bonchev–Trinajstić information content (AvgIpc) is 2.98. The van der Waals surface area contributed by atoms with Gasteiger partial charge in [0.2, 0.25) is 20.0 Å². The molecule has 0 amide bonds. The Morgan fingerprint density at radius 2 is 1.60 bits per heavy atom. The molecule has 1 spiro atoms. The summed E-state index contributed by atoms with van der Waals surface area (Å²) < 4.78 is 58.3. The van der Waals surface area contributed by atoms with Crippen LogP contribution in [0.5, 0.6) is 5.75 Å². The predicted molar refractivity (Wildman–Crippen MR) is 94.5 cm³/mol. The second-order valence-corrected chi connectivity index (χ2v) is 10.6. The highest BCUT2D eigenvalue weighted by atomic mass is 32.2. The van der Waals surface area contributed by atoms with Crippen molar-refractivity contribution in [2.24, 2.45) is 0 Å². The van der Waals surface area contributed by atoms with Gasteiger partial charge in [0.25, 0.3) is 0 Å². The molecule has 25 heavy (non-hydrogen) atoms. The largest absolute Gasteiger partial charge is 0.497 e. The Balaban J connectivity index is 1.90. The second kappa shape index (κ2) is 6.53. The number of sulfonamides is 2. The van der Waals surface area contributed by atoms with Gasteiger partial charge in [-0.1, -0.05) is 0 Å². The zero-order chi connectivity index (χ0) is 18.3. The van der Waals surface area contributed by atoms with Crippen LogP contribution in [0.4, 0.5) is 0 Å². The SMILES string of the molecule is COc1ccc(S(=O)(=O)N2CCCC3(CCCN3S(C)(=O)=O)C2)cc1. The first kappa shape index (κ1) is 18.6. The normalized spacial score (nSPS) is 26.2. The summed E-state index contributed by atoms with van der Waals surface area (Å²) in [5.74, 6) is 0.591. The van der Waals surface area contributed by atoms with Crippen molar-refractivity contribution in [1.29, 1.82) is 0 Å². The van der Waals surface area contributed by atoms with Crippen LogP contribution in [0.3, 0.4) is 0 Å². The van der Waals surface area contributed by atoms with Crippen LogP contribution in [0.1, 0.15) is 25.7 Å². The predicted octanol–water partition coefficient (Wildman–Crippen LogP) is 1.27. The number of ether oxygens (including phenoxy) is 1. The summed E-state index contributed by atoms with van der Waals surface area (Å²) >= 11 is 0. The van der Waals surface area contributed by atoms with Crippen LogP contribution in [0.2, 0.25) is 0 Å². The van der Waals surface area contributed by atoms with Gasteiger partial charge >= 0.3 is 0 Å². The molecule has 3 rings (SSSR count). The van der Waals surface area contributed by atoms with Crippen LogP contribution >= 0.6 is 0 Å². The molecule has 2 aliphatic rings. The highest BCUT2D eigenvalue weighted by Crippen LogP contribution is 2.40. The zero-order valence-corrected chi connectivity index (χ0v) is 16.1. The molecule has 0 radical (unpaired) electrons. The maximum atomic E-state index is 13.0. The van der Waals surface area contributed by atoms with Gasteiger partial charge in [0.15, 0.2) is 0 Å². The zero-order valence-electron chi connectivity index (χ0n) is 14.5. The molecule has 1 unspecified atom stereocenters. The van der Waals surface area contributed by atoms with E-state index in [2.05, 4.69) is 0 Å². The smallest absolute Gasteiger partial charge is 0.243 e. The fourth-order valence-corrected chi connectivity index (χ4v) is 6.97. The Kier molecular flexibility index (Phi) is 4.87. The number of nitrogens with zero attached hydrogens (tertiary/aromatic N) is 2. The lowest BCUT2D eigenvalue weighted by atomic mass is 9.89. The molecule has 2 fully saturated rings. The number of piperidine rings is 1. The van der Waals surface area contributed by atoms with E-state index in [1.54, 1.807) is 12.1 Å². The standard InChI is InChI=1S/C16H24N2O5S2/c1-23-14-5-7-15(8-6-14)25(21,22)17-11-3-9-16(13-17)10-4-12-18(16)24(2,19)20/h5-8H,3-4,9-13H2,1-2H3. The number of methoxy groups -OCH3 is 1. The van der Waals surface area contributed by atoms with E-state index in [9.17, 15) is 16.8 Å². The van der Waals surface area contributed by atoms with Crippen LogP contribution in [-0.2, 0) is 20.0 Å². The molecule has 0 aromatic heterocycles. The van der Waals surface area contributed by atoms with Crippen molar-refractivity contribution in [2.45, 2.75) is 36.1 Å². The number of hydrogen-bond acceptors (Lipinski definition) is 5. The summed E-state index contributed by atoms with van der Waals surface area (Å²) in [5, 5.41) is 0. The lowest BCUT2D eigenvalue weighted by molar-refractivity contribution is 0.138. The van der Waals surface area contributed by atoms with Crippen molar-refractivity contribution in [3.05, 3.63) is 24.3 Å². The quantitative estimate of drug-likeness (QED) is 0.776. The van der Waals surface area contributed by atoms with Gasteiger partial charge in [0, 0.05) is 25.2 Å². The number of benzene rings is 1. The third-order valence-corrected chi connectivity index (χ3v) is 8.38. The Morgan fingerprint density at radius 3 is 2.16 bits per heavy atom. The first-order chi connectivity index (χ1) is 11.7. The molecule has 1 aromatic carbocycles. The highest BCUT2D eigenvalue weighted by Gasteiger charge is 2.49. The van der Waals surface area contributed by atoms with Gasteiger partial charge in [-0.3, -0.25) is 0 Å². The van der Waals surface area contributed by atoms with Crippen LogP contribution < -0.4 is 4.74 Å². The van der Waals surface area contributed by atoms with Gasteiger partial charge < -0.3 is 4.74 Å². The Bertz CT molecular complexity index is 836. The fraction of sp³-hybridized carbons (Fsp3) is 0.625. The third kappa shape index (κ3) is 3.42. The van der Waals surface area contributed by atoms with Gasteiger partial charge in [-0.15, -0.1) is 0 Å². The van der Waals surface area contributed by atoms with E-state index in [4.69, 9.17) is 4.74 Å². The monoisotopic (exact) mass is 388 g/mol. The molecule has 140 valence electrons. The van der Waals surface area contributed by atoms with Crippen molar-refractivity contribution in [1.82, 2.24) is 8.61 Å². The summed E-state index contributed by atoms with van der Waals surface area (Å²) in [6.45, 7) is 1.09. The van der Waals surface area contributed by atoms with E-state index < -0.39 is 25.6 Å². The summed E-state index contributed by atoms with van der Waals surface area (Å²) in [5.41, 5.74) is -0.606. The number of hydrogen-bond donors (Lipinski definition) is 0. The molecule has 0 saturated carbocycles. The Morgan fingerprint density at radius 1 is 1.00 bits per heavy atom. The van der Waals surface area contributed by atoms with Gasteiger partial charge in [-0.05, 0) is 49.9 Å². The Hall–Kier alpha value is -1.16. The highest BCUT2D eigenvalue weighted by molar-refractivity contribution is 7.89. The minimum absolute atomic E-state index is 0.203. The van der Waals surface area contributed by atoms with E-state index in [1.807, 2.05) is 0 Å². The molecule has 1 atom stereocenters. The third-order valence-electron chi connectivity index (χ3n) is 5.15. The lowest BCUT2D eigenvalue weighted by Gasteiger charge is -2.44. The van der Waals surface area contributed by atoms with E-state index in [0.717, 1.165) is 6.42 Å². The van der Waals surface area contributed by atoms with Crippen LogP contribution in [0.25, 0.3) is 0 Å². The van der Waals surface area contributed by atoms with Crippen molar-refractivity contribution in [3.8, 4) is 5.75 Å². The van der Waals surface area contributed by atoms with E-state index in [1.165, 1.54) is 34.1 Å². The minimum atomic E-state index is -3.66. The van der Waals surface area contributed by atoms with E-state index in [-0.39, 0.29) is 11.4 Å². The van der Waals surface area contributed by atoms with Gasteiger partial charge in [-0.25, -0.2) is 16.8 Å².